The first kappa shape index (κ1) is 37.9. The summed E-state index contributed by atoms with van der Waals surface area (Å²) in [6, 6.07) is 91.1. The van der Waals surface area contributed by atoms with Gasteiger partial charge in [0.1, 0.15) is 0 Å². The maximum atomic E-state index is 2.44. The predicted octanol–water partition coefficient (Wildman–Crippen LogP) is 19.9. The van der Waals surface area contributed by atoms with Crippen LogP contribution in [-0.2, 0) is 0 Å². The van der Waals surface area contributed by atoms with E-state index in [4.69, 9.17) is 0 Å². The second-order valence-electron chi connectivity index (χ2n) is 19.2. The van der Waals surface area contributed by atoms with Crippen molar-refractivity contribution in [1.29, 1.82) is 0 Å². The summed E-state index contributed by atoms with van der Waals surface area (Å²) in [6.07, 6.45) is 0. The molecule has 0 aliphatic rings. The van der Waals surface area contributed by atoms with Gasteiger partial charge >= 0.3 is 0 Å². The normalized spacial score (nSPS) is 12.3. The van der Waals surface area contributed by atoms with Crippen molar-refractivity contribution in [2.75, 3.05) is 0 Å². The summed E-state index contributed by atoms with van der Waals surface area (Å²) >= 11 is 0. The Balaban J connectivity index is 1.19. The molecule has 0 aromatic heterocycles. The fraction of sp³-hybridized carbons (Fsp3) is 0. The van der Waals surface area contributed by atoms with E-state index in [0.29, 0.717) is 0 Å². The molecule has 0 aliphatic carbocycles. The quantitative estimate of drug-likeness (QED) is 0.119. The summed E-state index contributed by atoms with van der Waals surface area (Å²) in [7, 11) is 0. The summed E-state index contributed by atoms with van der Waals surface area (Å²) in [4.78, 5) is 0. The molecule has 0 aliphatic heterocycles. The zero-order valence-electron chi connectivity index (χ0n) is 38.1. The number of rotatable bonds is 5. The van der Waals surface area contributed by atoms with Gasteiger partial charge in [-0.1, -0.05) is 243 Å². The average molecular weight is 881 g/mol. The molecule has 0 nitrogen and oxygen atoms in total. The van der Waals surface area contributed by atoms with Gasteiger partial charge in [-0.05, 0) is 163 Å². The lowest BCUT2D eigenvalue weighted by Crippen LogP contribution is -1.94. The van der Waals surface area contributed by atoms with Gasteiger partial charge in [0, 0.05) is 0 Å². The Kier molecular flexibility index (Phi) is 7.70. The monoisotopic (exact) mass is 880 g/mol. The predicted molar refractivity (Wildman–Crippen MR) is 302 cm³/mol. The van der Waals surface area contributed by atoms with E-state index in [1.54, 1.807) is 0 Å². The number of fused-ring (bicyclic) bond motifs is 10. The first-order valence-electron chi connectivity index (χ1n) is 24.5. The molecule has 0 N–H and O–H groups in total. The van der Waals surface area contributed by atoms with Crippen LogP contribution in [0.4, 0.5) is 0 Å². The maximum absolute atomic E-state index is 2.44. The third-order valence-electron chi connectivity index (χ3n) is 15.9. The van der Waals surface area contributed by atoms with E-state index in [1.165, 1.54) is 163 Å². The molecule has 0 atom stereocenters. The number of hydrogen-bond acceptors (Lipinski definition) is 0. The van der Waals surface area contributed by atoms with Crippen LogP contribution >= 0.6 is 0 Å². The molecule has 16 aromatic rings. The van der Waals surface area contributed by atoms with Crippen LogP contribution in [-0.4, -0.2) is 0 Å². The van der Waals surface area contributed by atoms with Crippen molar-refractivity contribution in [3.05, 3.63) is 243 Å². The van der Waals surface area contributed by atoms with Crippen LogP contribution in [0, 0.1) is 0 Å². The highest BCUT2D eigenvalue weighted by Gasteiger charge is 2.30. The third-order valence-corrected chi connectivity index (χ3v) is 15.9. The lowest BCUT2D eigenvalue weighted by Gasteiger charge is -2.22. The van der Waals surface area contributed by atoms with Crippen molar-refractivity contribution in [3.63, 3.8) is 0 Å². The molecule has 16 aromatic carbocycles. The Hall–Kier alpha value is -9.10. The van der Waals surface area contributed by atoms with Crippen LogP contribution in [0.5, 0.6) is 0 Å². The third kappa shape index (κ3) is 4.94. The Morgan fingerprint density at radius 3 is 0.914 bits per heavy atom. The lowest BCUT2D eigenvalue weighted by atomic mass is 9.80. The van der Waals surface area contributed by atoms with Crippen LogP contribution in [0.1, 0.15) is 0 Å². The molecule has 0 radical (unpaired) electrons. The minimum Gasteiger partial charge on any atom is -0.0622 e. The summed E-state index contributed by atoms with van der Waals surface area (Å²) in [5.41, 5.74) is 12.6. The molecule has 0 amide bonds. The Morgan fingerprint density at radius 2 is 0.443 bits per heavy atom. The van der Waals surface area contributed by atoms with Crippen molar-refractivity contribution >= 4 is 108 Å². The van der Waals surface area contributed by atoms with Crippen LogP contribution < -0.4 is 0 Å². The molecule has 70 heavy (non-hydrogen) atoms. The zero-order valence-corrected chi connectivity index (χ0v) is 38.1. The Labute approximate surface area is 403 Å². The molecule has 0 spiro atoms. The fourth-order valence-electron chi connectivity index (χ4n) is 13.3. The minimum absolute atomic E-state index is 1.22. The van der Waals surface area contributed by atoms with Crippen LogP contribution in [0.25, 0.3) is 163 Å². The largest absolute Gasteiger partial charge is 0.0622 e. The summed E-state index contributed by atoms with van der Waals surface area (Å²) < 4.78 is 0. The minimum atomic E-state index is 1.22. The lowest BCUT2D eigenvalue weighted by molar-refractivity contribution is 1.61. The average Bonchev–Trinajstić information content (AvgIpc) is 3.95. The topological polar surface area (TPSA) is 0 Å². The molecule has 0 saturated heterocycles. The molecular formula is C70H40. The van der Waals surface area contributed by atoms with Gasteiger partial charge in [0.15, 0.2) is 0 Å². The van der Waals surface area contributed by atoms with Crippen molar-refractivity contribution in [1.82, 2.24) is 0 Å². The number of benzene rings is 14. The van der Waals surface area contributed by atoms with Gasteiger partial charge in [-0.2, -0.15) is 0 Å². The Morgan fingerprint density at radius 1 is 0.129 bits per heavy atom. The van der Waals surface area contributed by atoms with Crippen molar-refractivity contribution < 1.29 is 0 Å². The van der Waals surface area contributed by atoms with E-state index in [1.807, 2.05) is 0 Å². The van der Waals surface area contributed by atoms with Gasteiger partial charge in [0.25, 0.3) is 0 Å². The molecule has 0 unspecified atom stereocenters. The molecule has 320 valence electrons. The van der Waals surface area contributed by atoms with Crippen LogP contribution in [0.15, 0.2) is 243 Å². The molecule has 0 fully saturated rings. The van der Waals surface area contributed by atoms with E-state index in [-0.39, 0.29) is 0 Å². The second-order valence-corrected chi connectivity index (χ2v) is 19.2. The molecule has 0 bridgehead atoms. The van der Waals surface area contributed by atoms with Gasteiger partial charge in [-0.3, -0.25) is 0 Å². The molecule has 0 heteroatoms. The zero-order chi connectivity index (χ0) is 45.6. The van der Waals surface area contributed by atoms with E-state index < -0.39 is 0 Å². The highest BCUT2D eigenvalue weighted by Crippen LogP contribution is 2.58. The summed E-state index contributed by atoms with van der Waals surface area (Å²) in [5, 5.41) is 26.3. The maximum Gasteiger partial charge on any atom is -0.000696 e. The smallest absolute Gasteiger partial charge is 0.000696 e. The SMILES string of the molecule is c1ccc(-c2ccccc2-c2c3cccc4c3c(c3cccc5c(-c6ccccc6)c6c7ccc(-c8ccccc8)c8cccc(c87)c6c4c53)c3c4cccc5c(-c6ccccc6)ccc(c23)c54)cc1. The molecule has 0 saturated carbocycles. The van der Waals surface area contributed by atoms with Gasteiger partial charge in [-0.15, -0.1) is 0 Å². The van der Waals surface area contributed by atoms with E-state index in [0.717, 1.165) is 0 Å². The van der Waals surface area contributed by atoms with Gasteiger partial charge in [-0.25, -0.2) is 0 Å². The van der Waals surface area contributed by atoms with Gasteiger partial charge < -0.3 is 0 Å². The van der Waals surface area contributed by atoms with E-state index in [2.05, 4.69) is 243 Å². The Bertz CT molecular complexity index is 4760. The molecule has 16 rings (SSSR count). The van der Waals surface area contributed by atoms with Crippen LogP contribution in [0.3, 0.4) is 0 Å². The first-order chi connectivity index (χ1) is 34.8. The van der Waals surface area contributed by atoms with E-state index >= 15 is 0 Å². The first-order valence-corrected chi connectivity index (χ1v) is 24.5. The summed E-state index contributed by atoms with van der Waals surface area (Å²) in [6.45, 7) is 0. The van der Waals surface area contributed by atoms with Gasteiger partial charge in [0.2, 0.25) is 0 Å². The highest BCUT2D eigenvalue weighted by atomic mass is 14.3. The number of hydrogen-bond donors (Lipinski definition) is 0. The highest BCUT2D eigenvalue weighted by molar-refractivity contribution is 6.53. The molecular weight excluding hydrogens is 841 g/mol. The van der Waals surface area contributed by atoms with E-state index in [9.17, 15) is 0 Å². The fourth-order valence-corrected chi connectivity index (χ4v) is 13.3. The van der Waals surface area contributed by atoms with Crippen molar-refractivity contribution in [3.8, 4) is 55.6 Å². The summed E-state index contributed by atoms with van der Waals surface area (Å²) in [5.74, 6) is 0. The second kappa shape index (κ2) is 14.2. The van der Waals surface area contributed by atoms with Crippen molar-refractivity contribution in [2.45, 2.75) is 0 Å². The molecule has 0 heterocycles. The van der Waals surface area contributed by atoms with Gasteiger partial charge in [0.05, 0.1) is 0 Å². The van der Waals surface area contributed by atoms with Crippen LogP contribution in [0.2, 0.25) is 0 Å². The van der Waals surface area contributed by atoms with Crippen molar-refractivity contribution in [2.24, 2.45) is 0 Å². The standard InChI is InChI=1S/C70H40/c1-5-19-41(20-6-1)45-27-13-14-28-50(45)62-54-34-18-36-56-64(54)67(70-53-33-16-30-49-47(43-23-9-3-10-24-43)38-40-58(61(49)53)68(62)70)55-35-17-31-51-59(44-25-11-4-12-26-44)65-57-39-37-46(42-21-7-2-8-22-42)48-29-15-32-52(60(48)57)69(65)66(56)63(51)55/h1-40H.